The zero-order valence-electron chi connectivity index (χ0n) is 10.8. The molecule has 4 heteroatoms. The largest absolute Gasteiger partial charge is 0.398 e. The highest BCUT2D eigenvalue weighted by Gasteiger charge is 2.09. The van der Waals surface area contributed by atoms with Crippen LogP contribution in [-0.2, 0) is 0 Å². The lowest BCUT2D eigenvalue weighted by molar-refractivity contribution is 0.102. The number of nitrogen functional groups attached to an aromatic ring is 1. The number of hydrogen-bond acceptors (Lipinski definition) is 2. The van der Waals surface area contributed by atoms with Gasteiger partial charge in [-0.05, 0) is 55.3 Å². The molecule has 0 fully saturated rings. The van der Waals surface area contributed by atoms with Crippen molar-refractivity contribution in [2.24, 2.45) is 0 Å². The van der Waals surface area contributed by atoms with Gasteiger partial charge in [0, 0.05) is 22.0 Å². The molecule has 1 amide bonds. The standard InChI is InChI=1S/C15H15ClN2O/c1-9-8-11(6-7-12(9)16)15(19)18-14-5-3-4-13(17)10(14)2/h3-8H,17H2,1-2H3,(H,18,19). The molecule has 0 aliphatic carbocycles. The van der Waals surface area contributed by atoms with Crippen molar-refractivity contribution in [1.82, 2.24) is 0 Å². The molecule has 0 saturated heterocycles. The van der Waals surface area contributed by atoms with E-state index in [4.69, 9.17) is 17.3 Å². The lowest BCUT2D eigenvalue weighted by atomic mass is 10.1. The molecular weight excluding hydrogens is 260 g/mol. The Morgan fingerprint density at radius 2 is 1.95 bits per heavy atom. The van der Waals surface area contributed by atoms with Crippen molar-refractivity contribution in [2.45, 2.75) is 13.8 Å². The molecular formula is C15H15ClN2O. The molecule has 0 spiro atoms. The lowest BCUT2D eigenvalue weighted by Crippen LogP contribution is -2.13. The number of amides is 1. The van der Waals surface area contributed by atoms with E-state index in [2.05, 4.69) is 5.32 Å². The Kier molecular flexibility index (Phi) is 3.76. The first-order valence-corrected chi connectivity index (χ1v) is 6.29. The quantitative estimate of drug-likeness (QED) is 0.819. The summed E-state index contributed by atoms with van der Waals surface area (Å²) in [5.74, 6) is -0.173. The molecule has 0 atom stereocenters. The number of nitrogens with two attached hydrogens (primary N) is 1. The van der Waals surface area contributed by atoms with Crippen LogP contribution >= 0.6 is 11.6 Å². The van der Waals surface area contributed by atoms with Gasteiger partial charge >= 0.3 is 0 Å². The average molecular weight is 275 g/mol. The Bertz CT molecular complexity index is 638. The van der Waals surface area contributed by atoms with Crippen LogP contribution in [0.5, 0.6) is 0 Å². The first kappa shape index (κ1) is 13.4. The van der Waals surface area contributed by atoms with Crippen LogP contribution in [-0.4, -0.2) is 5.91 Å². The van der Waals surface area contributed by atoms with E-state index in [0.717, 1.165) is 16.8 Å². The highest BCUT2D eigenvalue weighted by atomic mass is 35.5. The molecule has 0 aliphatic rings. The fraction of sp³-hybridized carbons (Fsp3) is 0.133. The SMILES string of the molecule is Cc1cc(C(=O)Nc2cccc(N)c2C)ccc1Cl. The van der Waals surface area contributed by atoms with Gasteiger partial charge in [0.15, 0.2) is 0 Å². The molecule has 98 valence electrons. The Morgan fingerprint density at radius 3 is 2.63 bits per heavy atom. The molecule has 2 rings (SSSR count). The molecule has 2 aromatic carbocycles. The van der Waals surface area contributed by atoms with E-state index in [1.54, 1.807) is 24.3 Å². The molecule has 0 heterocycles. The number of nitrogens with one attached hydrogen (secondary N) is 1. The van der Waals surface area contributed by atoms with Gasteiger partial charge in [0.1, 0.15) is 0 Å². The maximum absolute atomic E-state index is 12.1. The maximum atomic E-state index is 12.1. The number of benzene rings is 2. The molecule has 0 radical (unpaired) electrons. The number of halogens is 1. The van der Waals surface area contributed by atoms with E-state index in [-0.39, 0.29) is 5.91 Å². The van der Waals surface area contributed by atoms with E-state index in [0.29, 0.717) is 16.3 Å². The van der Waals surface area contributed by atoms with Crippen LogP contribution in [0.25, 0.3) is 0 Å². The highest BCUT2D eigenvalue weighted by molar-refractivity contribution is 6.31. The molecule has 19 heavy (non-hydrogen) atoms. The van der Waals surface area contributed by atoms with Gasteiger partial charge in [-0.25, -0.2) is 0 Å². The normalized spacial score (nSPS) is 10.3. The predicted molar refractivity (Wildman–Crippen MR) is 79.7 cm³/mol. The van der Waals surface area contributed by atoms with Gasteiger partial charge in [0.25, 0.3) is 5.91 Å². The molecule has 2 aromatic rings. The summed E-state index contributed by atoms with van der Waals surface area (Å²) < 4.78 is 0. The summed E-state index contributed by atoms with van der Waals surface area (Å²) in [6.07, 6.45) is 0. The average Bonchev–Trinajstić information content (AvgIpc) is 2.38. The summed E-state index contributed by atoms with van der Waals surface area (Å²) in [7, 11) is 0. The molecule has 0 bridgehead atoms. The molecule has 0 unspecified atom stereocenters. The minimum absolute atomic E-state index is 0.173. The van der Waals surface area contributed by atoms with Crippen LogP contribution < -0.4 is 11.1 Å². The van der Waals surface area contributed by atoms with Gasteiger partial charge in [0.05, 0.1) is 0 Å². The van der Waals surface area contributed by atoms with E-state index in [1.165, 1.54) is 0 Å². The third-order valence-corrected chi connectivity index (χ3v) is 3.47. The maximum Gasteiger partial charge on any atom is 0.255 e. The summed E-state index contributed by atoms with van der Waals surface area (Å²) in [5.41, 5.74) is 9.50. The van der Waals surface area contributed by atoms with E-state index in [9.17, 15) is 4.79 Å². The van der Waals surface area contributed by atoms with Crippen molar-refractivity contribution in [3.05, 3.63) is 58.1 Å². The van der Waals surface area contributed by atoms with Gasteiger partial charge in [-0.1, -0.05) is 17.7 Å². The van der Waals surface area contributed by atoms with Crippen molar-refractivity contribution in [3.63, 3.8) is 0 Å². The first-order chi connectivity index (χ1) is 8.99. The predicted octanol–water partition coefficient (Wildman–Crippen LogP) is 3.79. The minimum atomic E-state index is -0.173. The zero-order chi connectivity index (χ0) is 14.0. The monoisotopic (exact) mass is 274 g/mol. The number of carbonyl (C=O) groups excluding carboxylic acids is 1. The second kappa shape index (κ2) is 5.33. The fourth-order valence-corrected chi connectivity index (χ4v) is 1.89. The second-order valence-corrected chi connectivity index (χ2v) is 4.85. The summed E-state index contributed by atoms with van der Waals surface area (Å²) in [4.78, 5) is 12.1. The van der Waals surface area contributed by atoms with Crippen LogP contribution in [0.1, 0.15) is 21.5 Å². The van der Waals surface area contributed by atoms with Gasteiger partial charge in [-0.2, -0.15) is 0 Å². The summed E-state index contributed by atoms with van der Waals surface area (Å²) in [6.45, 7) is 3.74. The van der Waals surface area contributed by atoms with E-state index in [1.807, 2.05) is 26.0 Å². The Morgan fingerprint density at radius 1 is 1.21 bits per heavy atom. The zero-order valence-corrected chi connectivity index (χ0v) is 11.6. The Balaban J connectivity index is 2.26. The molecule has 3 N–H and O–H groups in total. The number of rotatable bonds is 2. The minimum Gasteiger partial charge on any atom is -0.398 e. The number of aryl methyl sites for hydroxylation is 1. The van der Waals surface area contributed by atoms with Crippen molar-refractivity contribution >= 4 is 28.9 Å². The fourth-order valence-electron chi connectivity index (χ4n) is 1.77. The summed E-state index contributed by atoms with van der Waals surface area (Å²) in [6, 6.07) is 10.6. The Labute approximate surface area is 117 Å². The molecule has 0 aromatic heterocycles. The number of anilines is 2. The van der Waals surface area contributed by atoms with Crippen LogP contribution in [0.4, 0.5) is 11.4 Å². The van der Waals surface area contributed by atoms with Crippen LogP contribution in [0, 0.1) is 13.8 Å². The topological polar surface area (TPSA) is 55.1 Å². The smallest absolute Gasteiger partial charge is 0.255 e. The van der Waals surface area contributed by atoms with Crippen molar-refractivity contribution < 1.29 is 4.79 Å². The van der Waals surface area contributed by atoms with Crippen LogP contribution in [0.3, 0.4) is 0 Å². The van der Waals surface area contributed by atoms with Crippen molar-refractivity contribution in [2.75, 3.05) is 11.1 Å². The van der Waals surface area contributed by atoms with E-state index < -0.39 is 0 Å². The van der Waals surface area contributed by atoms with Crippen molar-refractivity contribution in [3.8, 4) is 0 Å². The van der Waals surface area contributed by atoms with Crippen molar-refractivity contribution in [1.29, 1.82) is 0 Å². The number of hydrogen-bond donors (Lipinski definition) is 2. The van der Waals surface area contributed by atoms with Gasteiger partial charge in [0.2, 0.25) is 0 Å². The third kappa shape index (κ3) is 2.88. The van der Waals surface area contributed by atoms with Crippen LogP contribution in [0.15, 0.2) is 36.4 Å². The van der Waals surface area contributed by atoms with Gasteiger partial charge in [-0.15, -0.1) is 0 Å². The first-order valence-electron chi connectivity index (χ1n) is 5.91. The Hall–Kier alpha value is -2.00. The second-order valence-electron chi connectivity index (χ2n) is 4.44. The van der Waals surface area contributed by atoms with Gasteiger partial charge < -0.3 is 11.1 Å². The number of carbonyl (C=O) groups is 1. The highest BCUT2D eigenvalue weighted by Crippen LogP contribution is 2.22. The lowest BCUT2D eigenvalue weighted by Gasteiger charge is -2.10. The molecule has 3 nitrogen and oxygen atoms in total. The van der Waals surface area contributed by atoms with E-state index >= 15 is 0 Å². The van der Waals surface area contributed by atoms with Crippen LogP contribution in [0.2, 0.25) is 5.02 Å². The molecule has 0 aliphatic heterocycles. The third-order valence-electron chi connectivity index (χ3n) is 3.04. The van der Waals surface area contributed by atoms with Gasteiger partial charge in [-0.3, -0.25) is 4.79 Å². The summed E-state index contributed by atoms with van der Waals surface area (Å²) >= 11 is 5.94. The summed E-state index contributed by atoms with van der Waals surface area (Å²) in [5, 5.41) is 3.50. The molecule has 0 saturated carbocycles.